The molecule has 0 unspecified atom stereocenters. The van der Waals surface area contributed by atoms with Gasteiger partial charge in [0.15, 0.2) is 5.76 Å². The predicted molar refractivity (Wildman–Crippen MR) is 117 cm³/mol. The maximum absolute atomic E-state index is 12.9. The van der Waals surface area contributed by atoms with Crippen molar-refractivity contribution in [1.82, 2.24) is 9.80 Å². The van der Waals surface area contributed by atoms with Crippen LogP contribution in [0.25, 0.3) is 0 Å². The normalized spacial score (nSPS) is 19.7. The van der Waals surface area contributed by atoms with Gasteiger partial charge in [0, 0.05) is 38.2 Å². The molecule has 1 atom stereocenters. The van der Waals surface area contributed by atoms with Gasteiger partial charge in [-0.05, 0) is 68.6 Å². The number of hydrogen-bond donors (Lipinski definition) is 0. The van der Waals surface area contributed by atoms with E-state index in [4.69, 9.17) is 4.42 Å². The fourth-order valence-corrected chi connectivity index (χ4v) is 5.47. The molecule has 1 spiro atoms. The van der Waals surface area contributed by atoms with Gasteiger partial charge >= 0.3 is 0 Å². The minimum Gasteiger partial charge on any atom is -0.459 e. The van der Waals surface area contributed by atoms with Gasteiger partial charge in [-0.15, -0.1) is 0 Å². The molecule has 0 bridgehead atoms. The van der Waals surface area contributed by atoms with Crippen LogP contribution in [0.1, 0.15) is 72.7 Å². The van der Waals surface area contributed by atoms with Crippen LogP contribution in [0.15, 0.2) is 41.0 Å². The average molecular weight is 409 g/mol. The summed E-state index contributed by atoms with van der Waals surface area (Å²) in [5, 5.41) is 0. The number of nitrogens with zero attached hydrogens (tertiary/aromatic N) is 2. The molecule has 1 aromatic heterocycles. The third-order valence-electron chi connectivity index (χ3n) is 7.21. The second kappa shape index (κ2) is 8.29. The van der Waals surface area contributed by atoms with Crippen LogP contribution < -0.4 is 0 Å². The number of hydrogen-bond acceptors (Lipinski definition) is 3. The average Bonchev–Trinajstić information content (AvgIpc) is 3.31. The van der Waals surface area contributed by atoms with E-state index in [1.165, 1.54) is 11.1 Å². The molecule has 160 valence electrons. The summed E-state index contributed by atoms with van der Waals surface area (Å²) >= 11 is 0. The van der Waals surface area contributed by atoms with Gasteiger partial charge in [0.25, 0.3) is 5.91 Å². The fraction of sp³-hybridized carbons (Fsp3) is 0.520. The molecule has 0 N–H and O–H groups in total. The number of piperidine rings is 1. The smallest absolute Gasteiger partial charge is 0.289 e. The van der Waals surface area contributed by atoms with Crippen molar-refractivity contribution in [2.24, 2.45) is 0 Å². The first-order chi connectivity index (χ1) is 14.5. The SMILES string of the molecule is CCN(CC)C(=O)C[C@@H]1CC2(CCN(C(=O)c3occc3C)CC2)c2ccccc21. The van der Waals surface area contributed by atoms with Crippen LogP contribution >= 0.6 is 0 Å². The minimum atomic E-state index is -0.00751. The molecule has 2 amide bonds. The van der Waals surface area contributed by atoms with Crippen LogP contribution in [0.3, 0.4) is 0 Å². The van der Waals surface area contributed by atoms with E-state index in [0.717, 1.165) is 51.0 Å². The standard InChI is InChI=1S/C25H32N2O3/c1-4-26(5-2)22(28)16-19-17-25(21-9-7-6-8-20(19)21)11-13-27(14-12-25)24(29)23-18(3)10-15-30-23/h6-10,15,19H,4-5,11-14,16-17H2,1-3H3/t19-/m1/s1. The zero-order valence-corrected chi connectivity index (χ0v) is 18.3. The Balaban J connectivity index is 1.51. The van der Waals surface area contributed by atoms with Gasteiger partial charge < -0.3 is 14.2 Å². The molecule has 1 aliphatic heterocycles. The summed E-state index contributed by atoms with van der Waals surface area (Å²) in [5.41, 5.74) is 3.68. The van der Waals surface area contributed by atoms with E-state index < -0.39 is 0 Å². The molecule has 0 saturated carbocycles. The maximum atomic E-state index is 12.9. The number of benzene rings is 1. The first-order valence-electron chi connectivity index (χ1n) is 11.2. The van der Waals surface area contributed by atoms with E-state index >= 15 is 0 Å². The molecule has 1 aromatic carbocycles. The molecule has 1 aliphatic carbocycles. The Labute approximate surface area is 179 Å². The summed E-state index contributed by atoms with van der Waals surface area (Å²) < 4.78 is 5.42. The Morgan fingerprint density at radius 1 is 1.13 bits per heavy atom. The van der Waals surface area contributed by atoms with E-state index in [2.05, 4.69) is 24.3 Å². The van der Waals surface area contributed by atoms with E-state index in [1.807, 2.05) is 36.6 Å². The Morgan fingerprint density at radius 2 is 1.83 bits per heavy atom. The summed E-state index contributed by atoms with van der Waals surface area (Å²) in [5.74, 6) is 0.967. The summed E-state index contributed by atoms with van der Waals surface area (Å²) in [7, 11) is 0. The van der Waals surface area contributed by atoms with Gasteiger partial charge in [-0.2, -0.15) is 0 Å². The Morgan fingerprint density at radius 3 is 2.47 bits per heavy atom. The highest BCUT2D eigenvalue weighted by atomic mass is 16.3. The first-order valence-corrected chi connectivity index (χ1v) is 11.2. The highest BCUT2D eigenvalue weighted by Crippen LogP contribution is 2.52. The summed E-state index contributed by atoms with van der Waals surface area (Å²) in [6.07, 6.45) is 5.03. The number of fused-ring (bicyclic) bond motifs is 2. The third-order valence-corrected chi connectivity index (χ3v) is 7.21. The van der Waals surface area contributed by atoms with Crippen LogP contribution in [0.5, 0.6) is 0 Å². The summed E-state index contributed by atoms with van der Waals surface area (Å²) in [4.78, 5) is 29.5. The Hall–Kier alpha value is -2.56. The monoisotopic (exact) mass is 408 g/mol. The largest absolute Gasteiger partial charge is 0.459 e. The van der Waals surface area contributed by atoms with Crippen molar-refractivity contribution in [3.63, 3.8) is 0 Å². The third kappa shape index (κ3) is 3.55. The fourth-order valence-electron chi connectivity index (χ4n) is 5.47. The van der Waals surface area contributed by atoms with Crippen molar-refractivity contribution in [1.29, 1.82) is 0 Å². The van der Waals surface area contributed by atoms with Crippen molar-refractivity contribution in [3.05, 3.63) is 59.0 Å². The van der Waals surface area contributed by atoms with E-state index in [1.54, 1.807) is 6.26 Å². The Kier molecular flexibility index (Phi) is 5.72. The van der Waals surface area contributed by atoms with E-state index in [9.17, 15) is 9.59 Å². The molecular weight excluding hydrogens is 376 g/mol. The zero-order chi connectivity index (χ0) is 21.3. The topological polar surface area (TPSA) is 53.8 Å². The van der Waals surface area contributed by atoms with Crippen molar-refractivity contribution >= 4 is 11.8 Å². The lowest BCUT2D eigenvalue weighted by molar-refractivity contribution is -0.131. The van der Waals surface area contributed by atoms with Crippen molar-refractivity contribution < 1.29 is 14.0 Å². The summed E-state index contributed by atoms with van der Waals surface area (Å²) in [6.45, 7) is 8.97. The molecular formula is C25H32N2O3. The second-order valence-corrected chi connectivity index (χ2v) is 8.76. The molecule has 4 rings (SSSR count). The van der Waals surface area contributed by atoms with Crippen molar-refractivity contribution in [2.75, 3.05) is 26.2 Å². The first kappa shape index (κ1) is 20.7. The van der Waals surface area contributed by atoms with Gasteiger partial charge in [0.05, 0.1) is 6.26 Å². The molecule has 5 nitrogen and oxygen atoms in total. The number of carbonyl (C=O) groups is 2. The molecule has 0 radical (unpaired) electrons. The lowest BCUT2D eigenvalue weighted by atomic mass is 9.73. The van der Waals surface area contributed by atoms with Gasteiger partial charge in [-0.25, -0.2) is 0 Å². The molecule has 2 heterocycles. The lowest BCUT2D eigenvalue weighted by Crippen LogP contribution is -2.44. The number of carbonyl (C=O) groups excluding carboxylic acids is 2. The van der Waals surface area contributed by atoms with Crippen molar-refractivity contribution in [2.45, 2.75) is 57.8 Å². The quantitative estimate of drug-likeness (QED) is 0.732. The van der Waals surface area contributed by atoms with E-state index in [0.29, 0.717) is 12.2 Å². The number of amides is 2. The molecule has 5 heteroatoms. The number of rotatable bonds is 5. The highest BCUT2D eigenvalue weighted by molar-refractivity contribution is 5.93. The summed E-state index contributed by atoms with van der Waals surface area (Å²) in [6, 6.07) is 10.5. The van der Waals surface area contributed by atoms with Gasteiger partial charge in [0.1, 0.15) is 0 Å². The second-order valence-electron chi connectivity index (χ2n) is 8.76. The highest BCUT2D eigenvalue weighted by Gasteiger charge is 2.46. The molecule has 30 heavy (non-hydrogen) atoms. The van der Waals surface area contributed by atoms with Crippen molar-refractivity contribution in [3.8, 4) is 0 Å². The molecule has 2 aliphatic rings. The number of aryl methyl sites for hydroxylation is 1. The number of furan rings is 1. The molecule has 1 saturated heterocycles. The minimum absolute atomic E-state index is 0.00751. The zero-order valence-electron chi connectivity index (χ0n) is 18.3. The van der Waals surface area contributed by atoms with Gasteiger partial charge in [0.2, 0.25) is 5.91 Å². The maximum Gasteiger partial charge on any atom is 0.289 e. The van der Waals surface area contributed by atoms with Crippen LogP contribution in [0.4, 0.5) is 0 Å². The lowest BCUT2D eigenvalue weighted by Gasteiger charge is -2.40. The van der Waals surface area contributed by atoms with Crippen LogP contribution in [0.2, 0.25) is 0 Å². The van der Waals surface area contributed by atoms with Gasteiger partial charge in [-0.3, -0.25) is 9.59 Å². The molecule has 1 fully saturated rings. The van der Waals surface area contributed by atoms with E-state index in [-0.39, 0.29) is 23.1 Å². The van der Waals surface area contributed by atoms with Crippen LogP contribution in [-0.2, 0) is 10.2 Å². The predicted octanol–water partition coefficient (Wildman–Crippen LogP) is 4.51. The van der Waals surface area contributed by atoms with Crippen LogP contribution in [-0.4, -0.2) is 47.8 Å². The van der Waals surface area contributed by atoms with Gasteiger partial charge in [-0.1, -0.05) is 24.3 Å². The Bertz CT molecular complexity index is 920. The molecule has 2 aromatic rings. The van der Waals surface area contributed by atoms with Crippen LogP contribution in [0, 0.1) is 6.92 Å². The number of likely N-dealkylation sites (tertiary alicyclic amines) is 1.